The smallest absolute Gasteiger partial charge is 0.258 e. The van der Waals surface area contributed by atoms with E-state index >= 15 is 0 Å². The first-order valence-corrected chi connectivity index (χ1v) is 11.8. The number of amides is 2. The van der Waals surface area contributed by atoms with Gasteiger partial charge in [-0.25, -0.2) is 4.98 Å². The van der Waals surface area contributed by atoms with E-state index in [9.17, 15) is 9.59 Å². The first kappa shape index (κ1) is 23.9. The third kappa shape index (κ3) is 5.79. The fourth-order valence-electron chi connectivity index (χ4n) is 4.08. The molecule has 1 aliphatic heterocycles. The zero-order chi connectivity index (χ0) is 24.1. The molecule has 8 heteroatoms. The molecule has 176 valence electrons. The average Bonchev–Trinajstić information content (AvgIpc) is 2.86. The topological polar surface area (TPSA) is 87.2 Å². The Hall–Kier alpha value is -3.29. The predicted octanol–water partition coefficient (Wildman–Crippen LogP) is 5.11. The Morgan fingerprint density at radius 3 is 2.47 bits per heavy atom. The van der Waals surface area contributed by atoms with Crippen LogP contribution in [0.1, 0.15) is 37.0 Å². The zero-order valence-electron chi connectivity index (χ0n) is 19.3. The quantitative estimate of drug-likeness (QED) is 0.515. The van der Waals surface area contributed by atoms with Crippen LogP contribution in [-0.4, -0.2) is 45.8 Å². The number of anilines is 2. The van der Waals surface area contributed by atoms with Gasteiger partial charge in [0.25, 0.3) is 5.91 Å². The lowest BCUT2D eigenvalue weighted by Crippen LogP contribution is -2.41. The Balaban J connectivity index is 1.57. The van der Waals surface area contributed by atoms with Crippen LogP contribution < -0.4 is 10.6 Å². The molecule has 0 aliphatic carbocycles. The molecule has 1 aliphatic rings. The minimum absolute atomic E-state index is 0.0624. The largest absolute Gasteiger partial charge is 0.325 e. The monoisotopic (exact) mass is 477 g/mol. The molecule has 4 rings (SSSR count). The van der Waals surface area contributed by atoms with Crippen molar-refractivity contribution in [2.24, 2.45) is 5.92 Å². The van der Waals surface area contributed by atoms with E-state index in [4.69, 9.17) is 11.6 Å². The number of nitrogens with one attached hydrogen (secondary N) is 2. The van der Waals surface area contributed by atoms with E-state index < -0.39 is 0 Å². The molecule has 0 radical (unpaired) electrons. The second kappa shape index (κ2) is 10.8. The van der Waals surface area contributed by atoms with Crippen LogP contribution in [0.15, 0.2) is 60.9 Å². The van der Waals surface area contributed by atoms with E-state index in [0.29, 0.717) is 28.1 Å². The number of carbonyl (C=O) groups excluding carboxylic acids is 2. The Morgan fingerprint density at radius 1 is 1.03 bits per heavy atom. The van der Waals surface area contributed by atoms with Crippen LogP contribution in [0.25, 0.3) is 11.3 Å². The second-order valence-corrected chi connectivity index (χ2v) is 9.12. The highest BCUT2D eigenvalue weighted by Gasteiger charge is 2.27. The van der Waals surface area contributed by atoms with Crippen LogP contribution in [0.5, 0.6) is 0 Å². The molecular weight excluding hydrogens is 450 g/mol. The highest BCUT2D eigenvalue weighted by Crippen LogP contribution is 2.27. The number of likely N-dealkylation sites (tertiary alicyclic amines) is 1. The van der Waals surface area contributed by atoms with Gasteiger partial charge in [0.15, 0.2) is 0 Å². The minimum Gasteiger partial charge on any atom is -0.325 e. The number of piperidine rings is 1. The van der Waals surface area contributed by atoms with Gasteiger partial charge in [-0.05, 0) is 76.2 Å². The van der Waals surface area contributed by atoms with E-state index in [2.05, 4.69) is 39.3 Å². The molecule has 2 amide bonds. The van der Waals surface area contributed by atoms with Crippen molar-refractivity contribution in [3.63, 3.8) is 0 Å². The van der Waals surface area contributed by atoms with Gasteiger partial charge in [0, 0.05) is 29.9 Å². The molecule has 7 nitrogen and oxygen atoms in total. The third-order valence-corrected chi connectivity index (χ3v) is 6.31. The summed E-state index contributed by atoms with van der Waals surface area (Å²) in [5, 5.41) is 6.27. The van der Waals surface area contributed by atoms with Gasteiger partial charge in [-0.15, -0.1) is 0 Å². The van der Waals surface area contributed by atoms with Crippen LogP contribution in [0, 0.1) is 5.92 Å². The highest BCUT2D eigenvalue weighted by atomic mass is 35.5. The van der Waals surface area contributed by atoms with Gasteiger partial charge >= 0.3 is 0 Å². The fourth-order valence-corrected chi connectivity index (χ4v) is 4.19. The summed E-state index contributed by atoms with van der Waals surface area (Å²) in [4.78, 5) is 37.2. The zero-order valence-corrected chi connectivity index (χ0v) is 20.0. The maximum Gasteiger partial charge on any atom is 0.258 e. The van der Waals surface area contributed by atoms with Gasteiger partial charge in [0.1, 0.15) is 5.82 Å². The lowest BCUT2D eigenvalue weighted by Gasteiger charge is -2.34. The number of carbonyl (C=O) groups is 2. The highest BCUT2D eigenvalue weighted by molar-refractivity contribution is 6.30. The number of hydrogen-bond acceptors (Lipinski definition) is 5. The summed E-state index contributed by atoms with van der Waals surface area (Å²) >= 11 is 5.90. The normalized spacial score (nSPS) is 14.7. The van der Waals surface area contributed by atoms with Crippen LogP contribution in [-0.2, 0) is 4.79 Å². The van der Waals surface area contributed by atoms with Crippen molar-refractivity contribution in [3.8, 4) is 11.3 Å². The van der Waals surface area contributed by atoms with E-state index in [1.54, 1.807) is 30.5 Å². The standard InChI is InChI=1S/C26H28ClN5O2/c1-17(2)32-13-10-18(11-14-32)25(33)30-23-8-6-19(22-5-3-4-12-28-22)15-21(23)26(34)31-24-9-7-20(27)16-29-24/h3-9,12,15-18H,10-11,13-14H2,1-2H3,(H,30,33)(H,29,31,34). The lowest BCUT2D eigenvalue weighted by molar-refractivity contribution is -0.121. The Labute approximate surface area is 204 Å². The van der Waals surface area contributed by atoms with Gasteiger partial charge in [0.2, 0.25) is 5.91 Å². The predicted molar refractivity (Wildman–Crippen MR) is 135 cm³/mol. The summed E-state index contributed by atoms with van der Waals surface area (Å²) in [5.41, 5.74) is 2.31. The number of halogens is 1. The van der Waals surface area contributed by atoms with E-state index in [0.717, 1.165) is 37.2 Å². The van der Waals surface area contributed by atoms with E-state index in [1.807, 2.05) is 24.3 Å². The maximum absolute atomic E-state index is 13.2. The first-order valence-electron chi connectivity index (χ1n) is 11.4. The second-order valence-electron chi connectivity index (χ2n) is 8.68. The van der Waals surface area contributed by atoms with Gasteiger partial charge in [0.05, 0.1) is 22.0 Å². The molecule has 2 N–H and O–H groups in total. The minimum atomic E-state index is -0.377. The summed E-state index contributed by atoms with van der Waals surface area (Å²) < 4.78 is 0. The van der Waals surface area contributed by atoms with Crippen LogP contribution in [0.4, 0.5) is 11.5 Å². The van der Waals surface area contributed by atoms with Crippen molar-refractivity contribution in [1.82, 2.24) is 14.9 Å². The third-order valence-electron chi connectivity index (χ3n) is 6.08. The molecule has 0 spiro atoms. The molecule has 0 atom stereocenters. The molecular formula is C26H28ClN5O2. The molecule has 34 heavy (non-hydrogen) atoms. The summed E-state index contributed by atoms with van der Waals surface area (Å²) in [5.74, 6) is -0.152. The van der Waals surface area contributed by atoms with Gasteiger partial charge < -0.3 is 15.5 Å². The fraction of sp³-hybridized carbons (Fsp3) is 0.308. The molecule has 2 aromatic heterocycles. The molecule has 0 saturated carbocycles. The number of hydrogen-bond donors (Lipinski definition) is 2. The molecule has 3 aromatic rings. The first-order chi connectivity index (χ1) is 16.4. The van der Waals surface area contributed by atoms with Crippen molar-refractivity contribution in [2.75, 3.05) is 23.7 Å². The van der Waals surface area contributed by atoms with Crippen LogP contribution >= 0.6 is 11.6 Å². The van der Waals surface area contributed by atoms with Crippen molar-refractivity contribution >= 4 is 34.9 Å². The summed E-state index contributed by atoms with van der Waals surface area (Å²) in [6.45, 7) is 6.13. The molecule has 1 saturated heterocycles. The molecule has 1 fully saturated rings. The number of aromatic nitrogens is 2. The maximum atomic E-state index is 13.2. The van der Waals surface area contributed by atoms with Crippen molar-refractivity contribution < 1.29 is 9.59 Å². The summed E-state index contributed by atoms with van der Waals surface area (Å²) in [6, 6.07) is 14.7. The Bertz CT molecular complexity index is 1140. The van der Waals surface area contributed by atoms with Gasteiger partial charge in [-0.1, -0.05) is 23.7 Å². The molecule has 1 aromatic carbocycles. The summed E-state index contributed by atoms with van der Waals surface area (Å²) in [6.07, 6.45) is 4.76. The Morgan fingerprint density at radius 2 is 1.82 bits per heavy atom. The van der Waals surface area contributed by atoms with Crippen molar-refractivity contribution in [1.29, 1.82) is 0 Å². The number of rotatable bonds is 6. The van der Waals surface area contributed by atoms with Gasteiger partial charge in [-0.2, -0.15) is 0 Å². The average molecular weight is 478 g/mol. The van der Waals surface area contributed by atoms with Crippen LogP contribution in [0.3, 0.4) is 0 Å². The van der Waals surface area contributed by atoms with E-state index in [-0.39, 0.29) is 17.7 Å². The molecule has 0 bridgehead atoms. The molecule has 0 unspecified atom stereocenters. The lowest BCUT2D eigenvalue weighted by atomic mass is 9.94. The number of benzene rings is 1. The van der Waals surface area contributed by atoms with Gasteiger partial charge in [-0.3, -0.25) is 14.6 Å². The van der Waals surface area contributed by atoms with Crippen molar-refractivity contribution in [3.05, 3.63) is 71.5 Å². The van der Waals surface area contributed by atoms with Crippen LogP contribution in [0.2, 0.25) is 5.02 Å². The van der Waals surface area contributed by atoms with E-state index in [1.165, 1.54) is 6.20 Å². The number of nitrogens with zero attached hydrogens (tertiary/aromatic N) is 3. The SMILES string of the molecule is CC(C)N1CCC(C(=O)Nc2ccc(-c3ccccn3)cc2C(=O)Nc2ccc(Cl)cn2)CC1. The van der Waals surface area contributed by atoms with Crippen molar-refractivity contribution in [2.45, 2.75) is 32.7 Å². The number of pyridine rings is 2. The Kier molecular flexibility index (Phi) is 7.55. The molecule has 3 heterocycles. The summed E-state index contributed by atoms with van der Waals surface area (Å²) in [7, 11) is 0.